The lowest BCUT2D eigenvalue weighted by atomic mass is 10.1. The van der Waals surface area contributed by atoms with Crippen molar-refractivity contribution in [2.24, 2.45) is 5.92 Å². The maximum Gasteiger partial charge on any atom is 0.0233 e. The van der Waals surface area contributed by atoms with Gasteiger partial charge in [-0.1, -0.05) is 30.3 Å². The topological polar surface area (TPSA) is 6.48 Å². The van der Waals surface area contributed by atoms with Crippen LogP contribution in [0.15, 0.2) is 30.3 Å². The number of nitrogens with zero attached hydrogens (tertiary/aromatic N) is 2. The van der Waals surface area contributed by atoms with Crippen molar-refractivity contribution in [2.75, 3.05) is 32.7 Å². The number of benzene rings is 1. The summed E-state index contributed by atoms with van der Waals surface area (Å²) in [6.45, 7) is 7.74. The van der Waals surface area contributed by atoms with Gasteiger partial charge in [-0.2, -0.15) is 0 Å². The number of hydrogen-bond acceptors (Lipinski definition) is 2. The zero-order valence-corrected chi connectivity index (χ0v) is 11.2. The van der Waals surface area contributed by atoms with Crippen LogP contribution in [0.5, 0.6) is 0 Å². The lowest BCUT2D eigenvalue weighted by molar-refractivity contribution is 0.261. The fourth-order valence-corrected chi connectivity index (χ4v) is 3.38. The van der Waals surface area contributed by atoms with Gasteiger partial charge in [0.05, 0.1) is 0 Å². The molecule has 2 saturated heterocycles. The van der Waals surface area contributed by atoms with Crippen LogP contribution < -0.4 is 0 Å². The Labute approximate surface area is 111 Å². The highest BCUT2D eigenvalue weighted by Crippen LogP contribution is 2.21. The molecule has 0 aromatic heterocycles. The van der Waals surface area contributed by atoms with E-state index in [2.05, 4.69) is 40.1 Å². The van der Waals surface area contributed by atoms with Crippen LogP contribution in [0.1, 0.15) is 24.8 Å². The lowest BCUT2D eigenvalue weighted by Gasteiger charge is -2.20. The van der Waals surface area contributed by atoms with Gasteiger partial charge in [-0.25, -0.2) is 0 Å². The number of rotatable bonds is 4. The van der Waals surface area contributed by atoms with Gasteiger partial charge in [0.25, 0.3) is 0 Å². The minimum Gasteiger partial charge on any atom is -0.303 e. The summed E-state index contributed by atoms with van der Waals surface area (Å²) in [6, 6.07) is 10.9. The molecule has 2 aliphatic rings. The summed E-state index contributed by atoms with van der Waals surface area (Å²) < 4.78 is 0. The fraction of sp³-hybridized carbons (Fsp3) is 0.625. The summed E-state index contributed by atoms with van der Waals surface area (Å²) in [5.41, 5.74) is 1.46. The van der Waals surface area contributed by atoms with E-state index < -0.39 is 0 Å². The van der Waals surface area contributed by atoms with Crippen molar-refractivity contribution in [3.05, 3.63) is 35.9 Å². The van der Waals surface area contributed by atoms with Crippen LogP contribution in [0.3, 0.4) is 0 Å². The van der Waals surface area contributed by atoms with E-state index in [1.165, 1.54) is 57.5 Å². The first kappa shape index (κ1) is 12.2. The summed E-state index contributed by atoms with van der Waals surface area (Å²) in [5.74, 6) is 0.909. The van der Waals surface area contributed by atoms with Crippen LogP contribution in [0.25, 0.3) is 0 Å². The molecule has 0 aliphatic carbocycles. The van der Waals surface area contributed by atoms with Crippen LogP contribution >= 0.6 is 0 Å². The molecular weight excluding hydrogens is 220 g/mol. The second kappa shape index (κ2) is 5.85. The smallest absolute Gasteiger partial charge is 0.0233 e. The predicted octanol–water partition coefficient (Wildman–Crippen LogP) is 2.60. The van der Waals surface area contributed by atoms with Gasteiger partial charge in [-0.3, -0.25) is 4.90 Å². The molecule has 2 nitrogen and oxygen atoms in total. The van der Waals surface area contributed by atoms with Gasteiger partial charge < -0.3 is 4.90 Å². The van der Waals surface area contributed by atoms with E-state index in [-0.39, 0.29) is 0 Å². The molecule has 0 N–H and O–H groups in total. The Morgan fingerprint density at radius 3 is 2.50 bits per heavy atom. The van der Waals surface area contributed by atoms with Gasteiger partial charge in [0.2, 0.25) is 0 Å². The second-order valence-electron chi connectivity index (χ2n) is 5.88. The third-order valence-electron chi connectivity index (χ3n) is 4.33. The van der Waals surface area contributed by atoms with Gasteiger partial charge in [0.1, 0.15) is 0 Å². The maximum absolute atomic E-state index is 2.66. The van der Waals surface area contributed by atoms with Crippen LogP contribution in [-0.2, 0) is 6.54 Å². The van der Waals surface area contributed by atoms with E-state index in [0.717, 1.165) is 12.5 Å². The summed E-state index contributed by atoms with van der Waals surface area (Å²) in [7, 11) is 0. The zero-order chi connectivity index (χ0) is 12.2. The Kier molecular flexibility index (Phi) is 3.96. The summed E-state index contributed by atoms with van der Waals surface area (Å²) in [6.07, 6.45) is 4.23. The molecule has 1 unspecified atom stereocenters. The van der Waals surface area contributed by atoms with Crippen molar-refractivity contribution in [3.63, 3.8) is 0 Å². The van der Waals surface area contributed by atoms with Crippen molar-refractivity contribution in [3.8, 4) is 0 Å². The van der Waals surface area contributed by atoms with Crippen LogP contribution in [0, 0.1) is 5.92 Å². The van der Waals surface area contributed by atoms with Crippen molar-refractivity contribution in [2.45, 2.75) is 25.8 Å². The highest BCUT2D eigenvalue weighted by molar-refractivity contribution is 5.14. The molecule has 2 heterocycles. The summed E-state index contributed by atoms with van der Waals surface area (Å²) in [5, 5.41) is 0. The van der Waals surface area contributed by atoms with Crippen molar-refractivity contribution in [1.29, 1.82) is 0 Å². The van der Waals surface area contributed by atoms with Crippen LogP contribution in [0.2, 0.25) is 0 Å². The molecule has 0 spiro atoms. The average Bonchev–Trinajstić information content (AvgIpc) is 3.03. The van der Waals surface area contributed by atoms with Crippen LogP contribution in [0.4, 0.5) is 0 Å². The second-order valence-corrected chi connectivity index (χ2v) is 5.88. The summed E-state index contributed by atoms with van der Waals surface area (Å²) in [4.78, 5) is 5.28. The highest BCUT2D eigenvalue weighted by atomic mass is 15.2. The first-order chi connectivity index (χ1) is 8.90. The van der Waals surface area contributed by atoms with E-state index in [4.69, 9.17) is 0 Å². The van der Waals surface area contributed by atoms with Gasteiger partial charge in [-0.05, 0) is 50.4 Å². The molecule has 2 aliphatic heterocycles. The normalized spacial score (nSPS) is 25.9. The molecule has 1 aromatic rings. The largest absolute Gasteiger partial charge is 0.303 e. The molecule has 1 aromatic carbocycles. The molecule has 98 valence electrons. The maximum atomic E-state index is 2.66. The fourth-order valence-electron chi connectivity index (χ4n) is 3.38. The molecule has 2 fully saturated rings. The van der Waals surface area contributed by atoms with Gasteiger partial charge >= 0.3 is 0 Å². The first-order valence-electron chi connectivity index (χ1n) is 7.39. The molecule has 1 atom stereocenters. The highest BCUT2D eigenvalue weighted by Gasteiger charge is 2.25. The molecule has 0 saturated carbocycles. The molecular formula is C16H24N2. The first-order valence-corrected chi connectivity index (χ1v) is 7.39. The zero-order valence-electron chi connectivity index (χ0n) is 11.2. The minimum absolute atomic E-state index is 0.909. The van der Waals surface area contributed by atoms with Crippen molar-refractivity contribution < 1.29 is 0 Å². The Bertz CT molecular complexity index is 357. The predicted molar refractivity (Wildman–Crippen MR) is 75.5 cm³/mol. The van der Waals surface area contributed by atoms with Gasteiger partial charge in [0.15, 0.2) is 0 Å². The van der Waals surface area contributed by atoms with E-state index in [9.17, 15) is 0 Å². The third kappa shape index (κ3) is 3.12. The van der Waals surface area contributed by atoms with E-state index >= 15 is 0 Å². The van der Waals surface area contributed by atoms with E-state index in [1.807, 2.05) is 0 Å². The standard InChI is InChI=1S/C16H24N2/c1-2-6-15(7-3-1)12-18-11-8-16(14-18)13-17-9-4-5-10-17/h1-3,6-7,16H,4-5,8-14H2. The molecule has 0 amide bonds. The Morgan fingerprint density at radius 2 is 1.72 bits per heavy atom. The number of hydrogen-bond donors (Lipinski definition) is 0. The minimum atomic E-state index is 0.909. The lowest BCUT2D eigenvalue weighted by Crippen LogP contribution is -2.28. The van der Waals surface area contributed by atoms with Crippen molar-refractivity contribution >= 4 is 0 Å². The average molecular weight is 244 g/mol. The molecule has 2 heteroatoms. The van der Waals surface area contributed by atoms with E-state index in [0.29, 0.717) is 0 Å². The van der Waals surface area contributed by atoms with Crippen LogP contribution in [-0.4, -0.2) is 42.5 Å². The van der Waals surface area contributed by atoms with E-state index in [1.54, 1.807) is 0 Å². The quantitative estimate of drug-likeness (QED) is 0.803. The third-order valence-corrected chi connectivity index (χ3v) is 4.33. The molecule has 0 radical (unpaired) electrons. The Hall–Kier alpha value is -0.860. The van der Waals surface area contributed by atoms with Crippen molar-refractivity contribution in [1.82, 2.24) is 9.80 Å². The Morgan fingerprint density at radius 1 is 0.944 bits per heavy atom. The van der Waals surface area contributed by atoms with Gasteiger partial charge in [-0.15, -0.1) is 0 Å². The monoisotopic (exact) mass is 244 g/mol. The van der Waals surface area contributed by atoms with Gasteiger partial charge in [0, 0.05) is 19.6 Å². The number of likely N-dealkylation sites (tertiary alicyclic amines) is 2. The Balaban J connectivity index is 1.46. The summed E-state index contributed by atoms with van der Waals surface area (Å²) >= 11 is 0. The molecule has 0 bridgehead atoms. The molecule has 3 rings (SSSR count). The molecule has 18 heavy (non-hydrogen) atoms. The SMILES string of the molecule is c1ccc(CN2CCC(CN3CCCC3)C2)cc1.